The molecule has 1 aromatic carbocycles. The van der Waals surface area contributed by atoms with Crippen LogP contribution in [-0.4, -0.2) is 31.2 Å². The number of aromatic nitrogens is 1. The summed E-state index contributed by atoms with van der Waals surface area (Å²) in [4.78, 5) is 6.89. The number of nitrogens with one attached hydrogen (secondary N) is 1. The zero-order valence-electron chi connectivity index (χ0n) is 11.4. The molecule has 1 fully saturated rings. The second kappa shape index (κ2) is 5.76. The maximum atomic E-state index is 4.55. The molecule has 1 aliphatic rings. The Hall–Kier alpha value is -1.32. The van der Waals surface area contributed by atoms with Crippen molar-refractivity contribution in [3.63, 3.8) is 0 Å². The number of rotatable bonds is 2. The van der Waals surface area contributed by atoms with E-state index in [0.29, 0.717) is 6.04 Å². The predicted octanol–water partition coefficient (Wildman–Crippen LogP) is 2.76. The van der Waals surface area contributed by atoms with Crippen LogP contribution >= 0.6 is 12.4 Å². The lowest BCUT2D eigenvalue weighted by Gasteiger charge is -2.25. The topological polar surface area (TPSA) is 28.2 Å². The second-order valence-electron chi connectivity index (χ2n) is 5.15. The maximum Gasteiger partial charge on any atom is 0.0703 e. The summed E-state index contributed by atoms with van der Waals surface area (Å²) in [5.41, 5.74) is 3.57. The van der Waals surface area contributed by atoms with Gasteiger partial charge >= 0.3 is 0 Å². The minimum absolute atomic E-state index is 0. The van der Waals surface area contributed by atoms with Gasteiger partial charge in [-0.2, -0.15) is 0 Å². The van der Waals surface area contributed by atoms with Gasteiger partial charge in [-0.15, -0.1) is 12.4 Å². The average molecular weight is 278 g/mol. The van der Waals surface area contributed by atoms with Crippen molar-refractivity contribution in [3.8, 4) is 0 Å². The summed E-state index contributed by atoms with van der Waals surface area (Å²) in [5, 5.41) is 4.63. The van der Waals surface area contributed by atoms with E-state index in [9.17, 15) is 0 Å². The zero-order valence-corrected chi connectivity index (χ0v) is 12.2. The third kappa shape index (κ3) is 2.82. The van der Waals surface area contributed by atoms with Crippen LogP contribution in [0, 0.1) is 6.92 Å². The third-order valence-electron chi connectivity index (χ3n) is 3.81. The van der Waals surface area contributed by atoms with E-state index in [1.54, 1.807) is 0 Å². The maximum absolute atomic E-state index is 4.55. The fourth-order valence-corrected chi connectivity index (χ4v) is 2.61. The molecule has 0 aliphatic carbocycles. The van der Waals surface area contributed by atoms with Crippen molar-refractivity contribution in [1.82, 2.24) is 10.3 Å². The molecule has 1 aromatic heterocycles. The lowest BCUT2D eigenvalue weighted by atomic mass is 10.1. The van der Waals surface area contributed by atoms with Crippen molar-refractivity contribution in [3.05, 3.63) is 36.0 Å². The Morgan fingerprint density at radius 3 is 2.89 bits per heavy atom. The molecule has 3 rings (SSSR count). The van der Waals surface area contributed by atoms with E-state index in [1.807, 2.05) is 6.20 Å². The van der Waals surface area contributed by atoms with Crippen LogP contribution in [0.15, 0.2) is 30.5 Å². The summed E-state index contributed by atoms with van der Waals surface area (Å²) in [5.74, 6) is 0. The highest BCUT2D eigenvalue weighted by Gasteiger charge is 2.19. The summed E-state index contributed by atoms with van der Waals surface area (Å²) in [7, 11) is 2.16. The summed E-state index contributed by atoms with van der Waals surface area (Å²) in [6, 6.07) is 9.24. The van der Waals surface area contributed by atoms with Gasteiger partial charge in [0.2, 0.25) is 0 Å². The predicted molar refractivity (Wildman–Crippen MR) is 83.4 cm³/mol. The summed E-state index contributed by atoms with van der Waals surface area (Å²) < 4.78 is 0. The molecule has 0 bridgehead atoms. The summed E-state index contributed by atoms with van der Waals surface area (Å²) in [6.45, 7) is 4.31. The number of hydrogen-bond donors (Lipinski definition) is 1. The molecule has 1 atom stereocenters. The van der Waals surface area contributed by atoms with Gasteiger partial charge in [0.05, 0.1) is 17.4 Å². The first-order valence-corrected chi connectivity index (χ1v) is 6.54. The van der Waals surface area contributed by atoms with Crippen molar-refractivity contribution in [1.29, 1.82) is 0 Å². The minimum Gasteiger partial charge on any atom is -0.369 e. The van der Waals surface area contributed by atoms with Crippen molar-refractivity contribution < 1.29 is 0 Å². The lowest BCUT2D eigenvalue weighted by molar-refractivity contribution is 0.685. The van der Waals surface area contributed by atoms with Crippen LogP contribution in [0.25, 0.3) is 10.9 Å². The molecule has 0 amide bonds. The number of benzene rings is 1. The SMILES string of the molecule is Cc1ccc2ncc(N(C)C3CCNC3)cc2c1.Cl. The van der Waals surface area contributed by atoms with Crippen molar-refractivity contribution in [2.75, 3.05) is 25.0 Å². The fourth-order valence-electron chi connectivity index (χ4n) is 2.61. The van der Waals surface area contributed by atoms with Crippen LogP contribution in [0.2, 0.25) is 0 Å². The minimum atomic E-state index is 0. The van der Waals surface area contributed by atoms with Crippen LogP contribution in [-0.2, 0) is 0 Å². The molecule has 1 N–H and O–H groups in total. The van der Waals surface area contributed by atoms with Gasteiger partial charge in [-0.05, 0) is 38.1 Å². The molecule has 0 saturated carbocycles. The number of hydrogen-bond acceptors (Lipinski definition) is 3. The molecule has 1 saturated heterocycles. The molecular formula is C15H20ClN3. The molecule has 1 aliphatic heterocycles. The van der Waals surface area contributed by atoms with Crippen LogP contribution < -0.4 is 10.2 Å². The first-order valence-electron chi connectivity index (χ1n) is 6.54. The number of fused-ring (bicyclic) bond motifs is 1. The molecule has 4 heteroatoms. The van der Waals surface area contributed by atoms with E-state index in [-0.39, 0.29) is 12.4 Å². The molecule has 1 unspecified atom stereocenters. The van der Waals surface area contributed by atoms with Gasteiger partial charge in [0.25, 0.3) is 0 Å². The van der Waals surface area contributed by atoms with Gasteiger partial charge in [0, 0.05) is 25.0 Å². The van der Waals surface area contributed by atoms with Gasteiger partial charge in [0.1, 0.15) is 0 Å². The van der Waals surface area contributed by atoms with Crippen LogP contribution in [0.5, 0.6) is 0 Å². The molecule has 102 valence electrons. The highest BCUT2D eigenvalue weighted by molar-refractivity contribution is 5.85. The molecule has 2 aromatic rings. The van der Waals surface area contributed by atoms with E-state index in [1.165, 1.54) is 23.1 Å². The second-order valence-corrected chi connectivity index (χ2v) is 5.15. The fraction of sp³-hybridized carbons (Fsp3) is 0.400. The van der Waals surface area contributed by atoms with E-state index in [2.05, 4.69) is 53.4 Å². The monoisotopic (exact) mass is 277 g/mol. The first-order chi connectivity index (χ1) is 8.74. The Kier molecular flexibility index (Phi) is 4.27. The Bertz CT molecular complexity index is 564. The largest absolute Gasteiger partial charge is 0.369 e. The standard InChI is InChI=1S/C15H19N3.ClH/c1-11-3-4-15-12(7-11)8-14(10-17-15)18(2)13-5-6-16-9-13;/h3-4,7-8,10,13,16H,5-6,9H2,1-2H3;1H. The Morgan fingerprint density at radius 1 is 1.32 bits per heavy atom. The van der Waals surface area contributed by atoms with Gasteiger partial charge in [-0.25, -0.2) is 0 Å². The van der Waals surface area contributed by atoms with E-state index >= 15 is 0 Å². The third-order valence-corrected chi connectivity index (χ3v) is 3.81. The number of nitrogens with zero attached hydrogens (tertiary/aromatic N) is 2. The van der Waals surface area contributed by atoms with Gasteiger partial charge in [-0.1, -0.05) is 11.6 Å². The highest BCUT2D eigenvalue weighted by Crippen LogP contribution is 2.22. The van der Waals surface area contributed by atoms with Crippen LogP contribution in [0.3, 0.4) is 0 Å². The molecule has 3 nitrogen and oxygen atoms in total. The lowest BCUT2D eigenvalue weighted by Crippen LogP contribution is -2.33. The van der Waals surface area contributed by atoms with Gasteiger partial charge < -0.3 is 10.2 Å². The van der Waals surface area contributed by atoms with Gasteiger partial charge in [-0.3, -0.25) is 4.98 Å². The normalized spacial score (nSPS) is 18.3. The molecule has 0 radical (unpaired) electrons. The Balaban J connectivity index is 0.00000133. The highest BCUT2D eigenvalue weighted by atomic mass is 35.5. The number of likely N-dealkylation sites (N-methyl/N-ethyl adjacent to an activating group) is 1. The number of aryl methyl sites for hydroxylation is 1. The molecular weight excluding hydrogens is 258 g/mol. The van der Waals surface area contributed by atoms with Crippen LogP contribution in [0.4, 0.5) is 5.69 Å². The summed E-state index contributed by atoms with van der Waals surface area (Å²) >= 11 is 0. The average Bonchev–Trinajstić information content (AvgIpc) is 2.90. The molecule has 19 heavy (non-hydrogen) atoms. The Labute approximate surface area is 120 Å². The number of anilines is 1. The zero-order chi connectivity index (χ0) is 12.5. The molecule has 0 spiro atoms. The van der Waals surface area contributed by atoms with Crippen molar-refractivity contribution in [2.45, 2.75) is 19.4 Å². The Morgan fingerprint density at radius 2 is 2.16 bits per heavy atom. The first kappa shape index (κ1) is 14.1. The van der Waals surface area contributed by atoms with Crippen LogP contribution in [0.1, 0.15) is 12.0 Å². The van der Waals surface area contributed by atoms with Gasteiger partial charge in [0.15, 0.2) is 0 Å². The quantitative estimate of drug-likeness (QED) is 0.915. The van der Waals surface area contributed by atoms with E-state index < -0.39 is 0 Å². The summed E-state index contributed by atoms with van der Waals surface area (Å²) in [6.07, 6.45) is 3.19. The number of pyridine rings is 1. The number of halogens is 1. The van der Waals surface area contributed by atoms with Crippen molar-refractivity contribution in [2.24, 2.45) is 0 Å². The smallest absolute Gasteiger partial charge is 0.0703 e. The van der Waals surface area contributed by atoms with Crippen molar-refractivity contribution >= 4 is 29.0 Å². The van der Waals surface area contributed by atoms with E-state index in [0.717, 1.165) is 18.6 Å². The molecule has 2 heterocycles. The van der Waals surface area contributed by atoms with E-state index in [4.69, 9.17) is 0 Å².